The molecule has 0 spiro atoms. The zero-order chi connectivity index (χ0) is 17.3. The molecular formula is C15H22N8O. The first-order valence-corrected chi connectivity index (χ1v) is 7.91. The van der Waals surface area contributed by atoms with Gasteiger partial charge >= 0.3 is 0 Å². The van der Waals surface area contributed by atoms with Gasteiger partial charge in [-0.05, 0) is 19.8 Å². The van der Waals surface area contributed by atoms with Gasteiger partial charge in [-0.15, -0.1) is 0 Å². The lowest BCUT2D eigenvalue weighted by Gasteiger charge is -2.32. The monoisotopic (exact) mass is 330 g/mol. The molecule has 1 atom stereocenters. The summed E-state index contributed by atoms with van der Waals surface area (Å²) in [5.74, 6) is 2.41. The zero-order valence-corrected chi connectivity index (χ0v) is 14.4. The third-order valence-electron chi connectivity index (χ3n) is 3.95. The third kappa shape index (κ3) is 3.15. The number of anilines is 3. The topological polar surface area (TPSA) is 92.1 Å². The maximum absolute atomic E-state index is 12.8. The summed E-state index contributed by atoms with van der Waals surface area (Å²) in [7, 11) is 5.57. The summed E-state index contributed by atoms with van der Waals surface area (Å²) in [4.78, 5) is 29.3. The fraction of sp³-hybridized carbons (Fsp3) is 0.533. The van der Waals surface area contributed by atoms with Crippen molar-refractivity contribution in [2.75, 3.05) is 35.8 Å². The largest absolute Gasteiger partial charge is 0.347 e. The minimum Gasteiger partial charge on any atom is -0.347 e. The SMILES string of the molecule is Cc1nc(N[C@H]2CCCN(c3ccnn3C)C2=O)nc(N(C)C)n1. The number of nitrogens with zero attached hydrogens (tertiary/aromatic N) is 7. The first-order chi connectivity index (χ1) is 11.5. The number of rotatable bonds is 4. The molecule has 1 fully saturated rings. The minimum atomic E-state index is -0.356. The van der Waals surface area contributed by atoms with Crippen LogP contribution in [-0.2, 0) is 11.8 Å². The zero-order valence-electron chi connectivity index (χ0n) is 14.4. The molecule has 24 heavy (non-hydrogen) atoms. The highest BCUT2D eigenvalue weighted by Crippen LogP contribution is 2.22. The summed E-state index contributed by atoms with van der Waals surface area (Å²) in [5.41, 5.74) is 0. The second-order valence-electron chi connectivity index (χ2n) is 6.04. The van der Waals surface area contributed by atoms with E-state index in [0.29, 0.717) is 24.3 Å². The van der Waals surface area contributed by atoms with Crippen LogP contribution in [0.1, 0.15) is 18.7 Å². The van der Waals surface area contributed by atoms with Crippen LogP contribution in [0.3, 0.4) is 0 Å². The van der Waals surface area contributed by atoms with E-state index in [9.17, 15) is 4.79 Å². The molecule has 1 aliphatic rings. The van der Waals surface area contributed by atoms with E-state index in [1.165, 1.54) is 0 Å². The van der Waals surface area contributed by atoms with E-state index in [0.717, 1.165) is 18.7 Å². The molecule has 9 nitrogen and oxygen atoms in total. The lowest BCUT2D eigenvalue weighted by Crippen LogP contribution is -2.48. The fourth-order valence-corrected chi connectivity index (χ4v) is 2.76. The molecule has 9 heteroatoms. The molecule has 0 radical (unpaired) electrons. The Balaban J connectivity index is 1.80. The van der Waals surface area contributed by atoms with Gasteiger partial charge in [0, 0.05) is 33.8 Å². The fourth-order valence-electron chi connectivity index (χ4n) is 2.76. The Morgan fingerprint density at radius 2 is 2.08 bits per heavy atom. The van der Waals surface area contributed by atoms with Crippen molar-refractivity contribution in [3.63, 3.8) is 0 Å². The van der Waals surface area contributed by atoms with Crippen LogP contribution in [0.2, 0.25) is 0 Å². The summed E-state index contributed by atoms with van der Waals surface area (Å²) in [6.45, 7) is 2.50. The summed E-state index contributed by atoms with van der Waals surface area (Å²) in [6, 6.07) is 1.49. The second kappa shape index (κ2) is 6.42. The third-order valence-corrected chi connectivity index (χ3v) is 3.95. The Morgan fingerprint density at radius 3 is 2.75 bits per heavy atom. The molecule has 1 amide bonds. The average Bonchev–Trinajstić information content (AvgIpc) is 2.95. The predicted octanol–water partition coefficient (Wildman–Crippen LogP) is 0.587. The van der Waals surface area contributed by atoms with Crippen molar-refractivity contribution in [1.82, 2.24) is 24.7 Å². The highest BCUT2D eigenvalue weighted by atomic mass is 16.2. The number of amides is 1. The van der Waals surface area contributed by atoms with Gasteiger partial charge in [-0.25, -0.2) is 0 Å². The molecule has 1 aliphatic heterocycles. The molecule has 0 unspecified atom stereocenters. The minimum absolute atomic E-state index is 0.00863. The standard InChI is InChI=1S/C15H22N8O/c1-10-17-14(20-15(18-10)21(2)3)19-11-6-5-9-23(13(11)24)12-7-8-16-22(12)4/h7-8,11H,5-6,9H2,1-4H3,(H,17,18,19,20)/t11-/m0/s1. The molecule has 2 aromatic rings. The smallest absolute Gasteiger partial charge is 0.250 e. The molecule has 0 bridgehead atoms. The van der Waals surface area contributed by atoms with E-state index in [-0.39, 0.29) is 11.9 Å². The van der Waals surface area contributed by atoms with Gasteiger partial charge in [-0.2, -0.15) is 20.1 Å². The number of carbonyl (C=O) groups excluding carboxylic acids is 1. The van der Waals surface area contributed by atoms with Crippen LogP contribution >= 0.6 is 0 Å². The number of aromatic nitrogens is 5. The van der Waals surface area contributed by atoms with Crippen molar-refractivity contribution in [1.29, 1.82) is 0 Å². The molecule has 2 aromatic heterocycles. The second-order valence-corrected chi connectivity index (χ2v) is 6.04. The Kier molecular flexibility index (Phi) is 4.32. The molecule has 0 aromatic carbocycles. The summed E-state index contributed by atoms with van der Waals surface area (Å²) < 4.78 is 1.71. The molecule has 0 saturated carbocycles. The van der Waals surface area contributed by atoms with Crippen molar-refractivity contribution in [3.8, 4) is 0 Å². The molecule has 0 aliphatic carbocycles. The highest BCUT2D eigenvalue weighted by Gasteiger charge is 2.31. The Bertz CT molecular complexity index is 741. The number of nitrogens with one attached hydrogen (secondary N) is 1. The van der Waals surface area contributed by atoms with Crippen LogP contribution in [0, 0.1) is 6.92 Å². The number of aryl methyl sites for hydroxylation is 2. The average molecular weight is 330 g/mol. The van der Waals surface area contributed by atoms with Crippen LogP contribution in [0.25, 0.3) is 0 Å². The number of hydrogen-bond acceptors (Lipinski definition) is 7. The summed E-state index contributed by atoms with van der Waals surface area (Å²) in [5, 5.41) is 7.31. The van der Waals surface area contributed by atoms with Crippen LogP contribution in [0.15, 0.2) is 12.3 Å². The van der Waals surface area contributed by atoms with E-state index < -0.39 is 0 Å². The maximum atomic E-state index is 12.8. The molecular weight excluding hydrogens is 308 g/mol. The first-order valence-electron chi connectivity index (χ1n) is 7.91. The van der Waals surface area contributed by atoms with Gasteiger partial charge in [0.15, 0.2) is 0 Å². The Morgan fingerprint density at radius 1 is 1.29 bits per heavy atom. The normalized spacial score (nSPS) is 17.9. The van der Waals surface area contributed by atoms with Crippen molar-refractivity contribution in [2.24, 2.45) is 7.05 Å². The Hall–Kier alpha value is -2.71. The lowest BCUT2D eigenvalue weighted by molar-refractivity contribution is -0.120. The molecule has 1 saturated heterocycles. The van der Waals surface area contributed by atoms with Crippen molar-refractivity contribution >= 4 is 23.6 Å². The number of carbonyl (C=O) groups is 1. The quantitative estimate of drug-likeness (QED) is 0.877. The highest BCUT2D eigenvalue weighted by molar-refractivity contribution is 5.98. The van der Waals surface area contributed by atoms with Crippen LogP contribution in [-0.4, -0.2) is 57.3 Å². The van der Waals surface area contributed by atoms with Gasteiger partial charge < -0.3 is 10.2 Å². The van der Waals surface area contributed by atoms with E-state index >= 15 is 0 Å². The Labute approximate surface area is 140 Å². The van der Waals surface area contributed by atoms with Gasteiger partial charge in [-0.3, -0.25) is 14.4 Å². The molecule has 3 heterocycles. The van der Waals surface area contributed by atoms with Crippen molar-refractivity contribution < 1.29 is 4.79 Å². The van der Waals surface area contributed by atoms with Gasteiger partial charge in [0.1, 0.15) is 17.7 Å². The predicted molar refractivity (Wildman–Crippen MR) is 91.1 cm³/mol. The first kappa shape index (κ1) is 16.2. The van der Waals surface area contributed by atoms with E-state index in [1.807, 2.05) is 39.0 Å². The van der Waals surface area contributed by atoms with Crippen molar-refractivity contribution in [2.45, 2.75) is 25.8 Å². The number of piperidine rings is 1. The van der Waals surface area contributed by atoms with Crippen LogP contribution in [0.4, 0.5) is 17.7 Å². The maximum Gasteiger partial charge on any atom is 0.250 e. The molecule has 1 N–H and O–H groups in total. The van der Waals surface area contributed by atoms with Crippen LogP contribution in [0.5, 0.6) is 0 Å². The number of hydrogen-bond donors (Lipinski definition) is 1. The van der Waals surface area contributed by atoms with Gasteiger partial charge in [-0.1, -0.05) is 0 Å². The molecule has 128 valence electrons. The van der Waals surface area contributed by atoms with E-state index in [4.69, 9.17) is 0 Å². The van der Waals surface area contributed by atoms with Gasteiger partial charge in [0.05, 0.1) is 6.20 Å². The lowest BCUT2D eigenvalue weighted by atomic mass is 10.1. The summed E-state index contributed by atoms with van der Waals surface area (Å²) in [6.07, 6.45) is 3.34. The van der Waals surface area contributed by atoms with E-state index in [2.05, 4.69) is 25.4 Å². The van der Waals surface area contributed by atoms with Gasteiger partial charge in [0.2, 0.25) is 11.9 Å². The van der Waals surface area contributed by atoms with Crippen LogP contribution < -0.4 is 15.1 Å². The van der Waals surface area contributed by atoms with Crippen molar-refractivity contribution in [3.05, 3.63) is 18.1 Å². The van der Waals surface area contributed by atoms with Gasteiger partial charge in [0.25, 0.3) is 5.91 Å². The molecule has 3 rings (SSSR count). The summed E-state index contributed by atoms with van der Waals surface area (Å²) >= 11 is 0. The van der Waals surface area contributed by atoms with E-state index in [1.54, 1.807) is 15.8 Å².